The summed E-state index contributed by atoms with van der Waals surface area (Å²) in [5.74, 6) is 0.381. The number of rotatable bonds is 7. The van der Waals surface area contributed by atoms with Gasteiger partial charge in [0, 0.05) is 13.1 Å². The maximum atomic E-state index is 11.6. The van der Waals surface area contributed by atoms with Gasteiger partial charge in [0.05, 0.1) is 12.0 Å². The minimum absolute atomic E-state index is 0.00634. The van der Waals surface area contributed by atoms with Crippen molar-refractivity contribution in [2.45, 2.75) is 39.7 Å². The minimum Gasteiger partial charge on any atom is -0.393 e. The molecular weight excluding hydrogens is 192 g/mol. The van der Waals surface area contributed by atoms with Crippen molar-refractivity contribution in [3.8, 4) is 0 Å². The van der Waals surface area contributed by atoms with Crippen molar-refractivity contribution < 1.29 is 9.90 Å². The summed E-state index contributed by atoms with van der Waals surface area (Å²) in [5.41, 5.74) is 5.54. The molecule has 15 heavy (non-hydrogen) atoms. The van der Waals surface area contributed by atoms with Crippen LogP contribution < -0.4 is 11.1 Å². The van der Waals surface area contributed by atoms with Crippen LogP contribution in [0, 0.1) is 11.8 Å². The van der Waals surface area contributed by atoms with Gasteiger partial charge < -0.3 is 16.2 Å². The molecule has 0 bridgehead atoms. The van der Waals surface area contributed by atoms with Gasteiger partial charge >= 0.3 is 0 Å². The van der Waals surface area contributed by atoms with E-state index in [0.717, 1.165) is 6.42 Å². The van der Waals surface area contributed by atoms with Crippen molar-refractivity contribution in [1.29, 1.82) is 0 Å². The Morgan fingerprint density at radius 2 is 2.00 bits per heavy atom. The minimum atomic E-state index is -0.369. The van der Waals surface area contributed by atoms with Crippen LogP contribution in [0.15, 0.2) is 0 Å². The molecule has 4 N–H and O–H groups in total. The second-order valence-corrected chi connectivity index (χ2v) is 4.49. The number of aliphatic hydroxyl groups is 1. The molecule has 0 aliphatic carbocycles. The van der Waals surface area contributed by atoms with Gasteiger partial charge in [0.1, 0.15) is 0 Å². The average molecular weight is 216 g/mol. The normalized spacial score (nSPS) is 15.1. The van der Waals surface area contributed by atoms with Crippen LogP contribution in [0.3, 0.4) is 0 Å². The lowest BCUT2D eigenvalue weighted by Gasteiger charge is -2.17. The quantitative estimate of drug-likeness (QED) is 0.580. The van der Waals surface area contributed by atoms with Crippen LogP contribution in [0.2, 0.25) is 0 Å². The van der Waals surface area contributed by atoms with Gasteiger partial charge in [-0.3, -0.25) is 4.79 Å². The fourth-order valence-corrected chi connectivity index (χ4v) is 1.43. The number of carbonyl (C=O) groups is 1. The Kier molecular flexibility index (Phi) is 7.34. The fraction of sp³-hybridized carbons (Fsp3) is 0.909. The first kappa shape index (κ1) is 14.4. The molecule has 0 heterocycles. The average Bonchev–Trinajstić information content (AvgIpc) is 2.13. The molecule has 0 aliphatic rings. The number of amides is 1. The highest BCUT2D eigenvalue weighted by atomic mass is 16.3. The highest BCUT2D eigenvalue weighted by molar-refractivity contribution is 5.78. The van der Waals surface area contributed by atoms with E-state index in [2.05, 4.69) is 19.2 Å². The molecule has 0 saturated carbocycles. The number of nitrogens with two attached hydrogens (primary N) is 1. The molecule has 0 fully saturated rings. The first-order valence-corrected chi connectivity index (χ1v) is 5.63. The Morgan fingerprint density at radius 1 is 1.40 bits per heavy atom. The van der Waals surface area contributed by atoms with Crippen molar-refractivity contribution in [3.05, 3.63) is 0 Å². The number of nitrogens with one attached hydrogen (secondary N) is 1. The predicted octanol–water partition coefficient (Wildman–Crippen LogP) is 0.495. The SMILES string of the molecule is CC(C)CC(CN)C(=O)NCCC(C)O. The Labute approximate surface area is 92.2 Å². The lowest BCUT2D eigenvalue weighted by atomic mass is 9.96. The van der Waals surface area contributed by atoms with Crippen LogP contribution in [0.4, 0.5) is 0 Å². The molecule has 0 aromatic carbocycles. The molecule has 2 atom stereocenters. The lowest BCUT2D eigenvalue weighted by Crippen LogP contribution is -2.36. The number of aliphatic hydroxyl groups excluding tert-OH is 1. The molecular formula is C11H24N2O2. The fourth-order valence-electron chi connectivity index (χ4n) is 1.43. The van der Waals surface area contributed by atoms with Gasteiger partial charge in [-0.1, -0.05) is 13.8 Å². The van der Waals surface area contributed by atoms with Crippen LogP contribution in [-0.2, 0) is 4.79 Å². The molecule has 0 aromatic rings. The van der Waals surface area contributed by atoms with Crippen LogP contribution in [-0.4, -0.2) is 30.2 Å². The van der Waals surface area contributed by atoms with E-state index in [4.69, 9.17) is 10.8 Å². The van der Waals surface area contributed by atoms with Gasteiger partial charge in [0.2, 0.25) is 5.91 Å². The van der Waals surface area contributed by atoms with E-state index in [0.29, 0.717) is 25.4 Å². The number of hydrogen-bond acceptors (Lipinski definition) is 3. The van der Waals surface area contributed by atoms with E-state index in [1.807, 2.05) is 0 Å². The standard InChI is InChI=1S/C11H24N2O2/c1-8(2)6-10(7-12)11(15)13-5-4-9(3)14/h8-10,14H,4-7,12H2,1-3H3,(H,13,15). The van der Waals surface area contributed by atoms with Crippen LogP contribution in [0.1, 0.15) is 33.6 Å². The summed E-state index contributed by atoms with van der Waals surface area (Å²) in [6.07, 6.45) is 1.04. The molecule has 0 rings (SSSR count). The largest absolute Gasteiger partial charge is 0.393 e. The summed E-state index contributed by atoms with van der Waals surface area (Å²) in [6, 6.07) is 0. The van der Waals surface area contributed by atoms with Gasteiger partial charge in [0.25, 0.3) is 0 Å². The van der Waals surface area contributed by atoms with Crippen LogP contribution >= 0.6 is 0 Å². The van der Waals surface area contributed by atoms with Crippen LogP contribution in [0.5, 0.6) is 0 Å². The third kappa shape index (κ3) is 7.33. The molecule has 0 radical (unpaired) electrons. The second-order valence-electron chi connectivity index (χ2n) is 4.49. The summed E-state index contributed by atoms with van der Waals surface area (Å²) in [7, 11) is 0. The van der Waals surface area contributed by atoms with Crippen molar-refractivity contribution in [1.82, 2.24) is 5.32 Å². The molecule has 1 amide bonds. The van der Waals surface area contributed by atoms with E-state index in [1.165, 1.54) is 0 Å². The zero-order valence-corrected chi connectivity index (χ0v) is 9.99. The molecule has 4 nitrogen and oxygen atoms in total. The van der Waals surface area contributed by atoms with Crippen molar-refractivity contribution in [3.63, 3.8) is 0 Å². The van der Waals surface area contributed by atoms with E-state index < -0.39 is 0 Å². The third-order valence-electron chi connectivity index (χ3n) is 2.27. The molecule has 0 spiro atoms. The predicted molar refractivity (Wildman–Crippen MR) is 61.3 cm³/mol. The topological polar surface area (TPSA) is 75.4 Å². The molecule has 90 valence electrons. The lowest BCUT2D eigenvalue weighted by molar-refractivity contribution is -0.125. The van der Waals surface area contributed by atoms with Gasteiger partial charge in [0.15, 0.2) is 0 Å². The molecule has 0 aromatic heterocycles. The van der Waals surface area contributed by atoms with E-state index in [-0.39, 0.29) is 17.9 Å². The summed E-state index contributed by atoms with van der Waals surface area (Å²) in [5, 5.41) is 11.8. The molecule has 4 heteroatoms. The first-order chi connectivity index (χ1) is 6.97. The van der Waals surface area contributed by atoms with Gasteiger partial charge in [-0.15, -0.1) is 0 Å². The third-order valence-corrected chi connectivity index (χ3v) is 2.27. The zero-order valence-electron chi connectivity index (χ0n) is 9.99. The molecule has 2 unspecified atom stereocenters. The van der Waals surface area contributed by atoms with Gasteiger partial charge in [-0.2, -0.15) is 0 Å². The van der Waals surface area contributed by atoms with Crippen molar-refractivity contribution in [2.75, 3.05) is 13.1 Å². The Hall–Kier alpha value is -0.610. The maximum Gasteiger partial charge on any atom is 0.224 e. The van der Waals surface area contributed by atoms with E-state index >= 15 is 0 Å². The first-order valence-electron chi connectivity index (χ1n) is 5.63. The monoisotopic (exact) mass is 216 g/mol. The highest BCUT2D eigenvalue weighted by Crippen LogP contribution is 2.10. The van der Waals surface area contributed by atoms with E-state index in [9.17, 15) is 4.79 Å². The Bertz CT molecular complexity index is 181. The summed E-state index contributed by atoms with van der Waals surface area (Å²) in [4.78, 5) is 11.6. The Balaban J connectivity index is 3.83. The van der Waals surface area contributed by atoms with Crippen LogP contribution in [0.25, 0.3) is 0 Å². The maximum absolute atomic E-state index is 11.6. The number of carbonyl (C=O) groups excluding carboxylic acids is 1. The Morgan fingerprint density at radius 3 is 2.40 bits per heavy atom. The van der Waals surface area contributed by atoms with Gasteiger partial charge in [-0.05, 0) is 25.7 Å². The number of hydrogen-bond donors (Lipinski definition) is 3. The van der Waals surface area contributed by atoms with Crippen molar-refractivity contribution >= 4 is 5.91 Å². The molecule has 0 aliphatic heterocycles. The highest BCUT2D eigenvalue weighted by Gasteiger charge is 2.17. The summed E-state index contributed by atoms with van der Waals surface area (Å²) < 4.78 is 0. The molecule has 0 saturated heterocycles. The smallest absolute Gasteiger partial charge is 0.224 e. The summed E-state index contributed by atoms with van der Waals surface area (Å²) in [6.45, 7) is 6.77. The van der Waals surface area contributed by atoms with Crippen molar-refractivity contribution in [2.24, 2.45) is 17.6 Å². The summed E-state index contributed by atoms with van der Waals surface area (Å²) >= 11 is 0. The zero-order chi connectivity index (χ0) is 11.8. The van der Waals surface area contributed by atoms with E-state index in [1.54, 1.807) is 6.92 Å². The second kappa shape index (κ2) is 7.65. The van der Waals surface area contributed by atoms with Gasteiger partial charge in [-0.25, -0.2) is 0 Å².